The molecule has 0 aliphatic rings. The largest absolute Gasteiger partial charge is 0.493 e. The molecule has 0 atom stereocenters. The summed E-state index contributed by atoms with van der Waals surface area (Å²) in [5, 5.41) is 16.6. The molecule has 0 fully saturated rings. The fraction of sp³-hybridized carbons (Fsp3) is 0.214. The highest BCUT2D eigenvalue weighted by Gasteiger charge is 2.14. The van der Waals surface area contributed by atoms with Gasteiger partial charge < -0.3 is 9.94 Å². The Hall–Kier alpha value is -2.41. The van der Waals surface area contributed by atoms with E-state index in [1.165, 1.54) is 11.3 Å². The number of amides is 1. The van der Waals surface area contributed by atoms with Crippen LogP contribution in [-0.4, -0.2) is 28.4 Å². The Labute approximate surface area is 126 Å². The second-order valence-corrected chi connectivity index (χ2v) is 4.96. The first-order valence-corrected chi connectivity index (χ1v) is 7.21. The smallest absolute Gasteiger partial charge is 0.261 e. The van der Waals surface area contributed by atoms with Crippen LogP contribution in [0.25, 0.3) is 0 Å². The summed E-state index contributed by atoms with van der Waals surface area (Å²) in [6.07, 6.45) is 0. The maximum atomic E-state index is 12.3. The molecule has 0 spiro atoms. The number of rotatable bonds is 5. The highest BCUT2D eigenvalue weighted by molar-refractivity contribution is 7.14. The van der Waals surface area contributed by atoms with E-state index in [0.717, 1.165) is 0 Å². The van der Waals surface area contributed by atoms with Crippen molar-refractivity contribution in [3.05, 3.63) is 40.9 Å². The number of carbonyl (C=O) groups is 1. The van der Waals surface area contributed by atoms with Gasteiger partial charge in [0.1, 0.15) is 17.2 Å². The van der Waals surface area contributed by atoms with Crippen molar-refractivity contribution >= 4 is 28.1 Å². The molecule has 0 saturated heterocycles. The van der Waals surface area contributed by atoms with Gasteiger partial charge in [0.15, 0.2) is 5.13 Å². The highest BCUT2D eigenvalue weighted by atomic mass is 32.1. The number of hydrogen-bond donors (Lipinski definition) is 2. The van der Waals surface area contributed by atoms with Crippen molar-refractivity contribution < 1.29 is 14.7 Å². The fourth-order valence-corrected chi connectivity index (χ4v) is 2.40. The maximum absolute atomic E-state index is 12.3. The summed E-state index contributed by atoms with van der Waals surface area (Å²) >= 11 is 1.26. The minimum atomic E-state index is -0.293. The summed E-state index contributed by atoms with van der Waals surface area (Å²) in [7, 11) is 0. The molecule has 0 radical (unpaired) electrons. The number of aromatic nitrogens is 1. The van der Waals surface area contributed by atoms with Gasteiger partial charge >= 0.3 is 0 Å². The first-order valence-electron chi connectivity index (χ1n) is 6.33. The van der Waals surface area contributed by atoms with E-state index >= 15 is 0 Å². The van der Waals surface area contributed by atoms with Crippen LogP contribution in [0, 0.1) is 0 Å². The normalized spacial score (nSPS) is 11.2. The van der Waals surface area contributed by atoms with E-state index in [9.17, 15) is 4.79 Å². The van der Waals surface area contributed by atoms with Crippen LogP contribution in [0.5, 0.6) is 5.75 Å². The van der Waals surface area contributed by atoms with Gasteiger partial charge in [0.05, 0.1) is 12.2 Å². The van der Waals surface area contributed by atoms with Crippen LogP contribution in [0.15, 0.2) is 34.8 Å². The van der Waals surface area contributed by atoms with Gasteiger partial charge in [-0.1, -0.05) is 17.3 Å². The van der Waals surface area contributed by atoms with E-state index < -0.39 is 0 Å². The zero-order valence-electron chi connectivity index (χ0n) is 11.7. The van der Waals surface area contributed by atoms with Crippen LogP contribution in [0.2, 0.25) is 0 Å². The lowest BCUT2D eigenvalue weighted by Gasteiger charge is -2.08. The molecule has 2 aromatic rings. The predicted octanol–water partition coefficient (Wildman–Crippen LogP) is 2.99. The number of benzene rings is 1. The summed E-state index contributed by atoms with van der Waals surface area (Å²) in [5.74, 6) is 0.237. The van der Waals surface area contributed by atoms with Gasteiger partial charge in [0, 0.05) is 5.38 Å². The Balaban J connectivity index is 2.16. The van der Waals surface area contributed by atoms with Gasteiger partial charge in [-0.15, -0.1) is 11.3 Å². The molecule has 1 aromatic heterocycles. The number of hydrogen-bond acceptors (Lipinski definition) is 6. The SMILES string of the molecule is CCOc1ccccc1C(=O)Nc1nc(C(C)=NO)cs1. The summed E-state index contributed by atoms with van der Waals surface area (Å²) in [4.78, 5) is 16.4. The van der Waals surface area contributed by atoms with Gasteiger partial charge in [-0.05, 0) is 26.0 Å². The molecule has 0 saturated carbocycles. The molecule has 2 rings (SSSR count). The summed E-state index contributed by atoms with van der Waals surface area (Å²) in [6.45, 7) is 3.97. The standard InChI is InChI=1S/C14H15N3O3S/c1-3-20-12-7-5-4-6-10(12)13(18)16-14-15-11(8-21-14)9(2)17-19/h4-8,19H,3H2,1-2H3,(H,15,16,18). The van der Waals surface area contributed by atoms with Crippen LogP contribution >= 0.6 is 11.3 Å². The van der Waals surface area contributed by atoms with Gasteiger partial charge in [0.2, 0.25) is 0 Å². The zero-order valence-corrected chi connectivity index (χ0v) is 12.5. The number of oxime groups is 1. The average Bonchev–Trinajstić information content (AvgIpc) is 2.95. The Morgan fingerprint density at radius 1 is 1.48 bits per heavy atom. The van der Waals surface area contributed by atoms with Crippen molar-refractivity contribution in [1.82, 2.24) is 4.98 Å². The molecule has 2 N–H and O–H groups in total. The van der Waals surface area contributed by atoms with Gasteiger partial charge in [-0.3, -0.25) is 10.1 Å². The Morgan fingerprint density at radius 2 is 2.24 bits per heavy atom. The average molecular weight is 305 g/mol. The number of thiazole rings is 1. The number of para-hydroxylation sites is 1. The summed E-state index contributed by atoms with van der Waals surface area (Å²) < 4.78 is 5.43. The van der Waals surface area contributed by atoms with E-state index in [-0.39, 0.29) is 5.91 Å². The molecule has 1 heterocycles. The molecule has 0 aliphatic carbocycles. The van der Waals surface area contributed by atoms with Crippen molar-refractivity contribution in [1.29, 1.82) is 0 Å². The van der Waals surface area contributed by atoms with Crippen LogP contribution in [0.4, 0.5) is 5.13 Å². The van der Waals surface area contributed by atoms with E-state index in [1.807, 2.05) is 13.0 Å². The number of ether oxygens (including phenoxy) is 1. The lowest BCUT2D eigenvalue weighted by molar-refractivity contribution is 0.102. The molecule has 21 heavy (non-hydrogen) atoms. The van der Waals surface area contributed by atoms with Crippen LogP contribution in [0.1, 0.15) is 29.9 Å². The van der Waals surface area contributed by atoms with Gasteiger partial charge in [0.25, 0.3) is 5.91 Å². The van der Waals surface area contributed by atoms with E-state index in [2.05, 4.69) is 15.5 Å². The van der Waals surface area contributed by atoms with E-state index in [0.29, 0.717) is 34.5 Å². The fourth-order valence-electron chi connectivity index (χ4n) is 1.65. The van der Waals surface area contributed by atoms with Gasteiger partial charge in [-0.2, -0.15) is 0 Å². The molecule has 6 nitrogen and oxygen atoms in total. The van der Waals surface area contributed by atoms with Crippen molar-refractivity contribution in [2.75, 3.05) is 11.9 Å². The molecule has 1 amide bonds. The maximum Gasteiger partial charge on any atom is 0.261 e. The first-order chi connectivity index (χ1) is 10.2. The molecule has 0 bridgehead atoms. The molecular formula is C14H15N3O3S. The molecule has 0 unspecified atom stereocenters. The number of anilines is 1. The second kappa shape index (κ2) is 6.85. The van der Waals surface area contributed by atoms with Crippen molar-refractivity contribution in [3.63, 3.8) is 0 Å². The Bertz CT molecular complexity index is 667. The molecule has 0 aliphatic heterocycles. The topological polar surface area (TPSA) is 83.8 Å². The molecule has 110 valence electrons. The van der Waals surface area contributed by atoms with Crippen LogP contribution < -0.4 is 10.1 Å². The summed E-state index contributed by atoms with van der Waals surface area (Å²) in [6, 6.07) is 7.02. The van der Waals surface area contributed by atoms with Crippen molar-refractivity contribution in [2.24, 2.45) is 5.16 Å². The minimum Gasteiger partial charge on any atom is -0.493 e. The van der Waals surface area contributed by atoms with E-state index in [4.69, 9.17) is 9.94 Å². The van der Waals surface area contributed by atoms with Gasteiger partial charge in [-0.25, -0.2) is 4.98 Å². The third-order valence-corrected chi connectivity index (χ3v) is 3.43. The monoisotopic (exact) mass is 305 g/mol. The second-order valence-electron chi connectivity index (χ2n) is 4.11. The molecular weight excluding hydrogens is 290 g/mol. The van der Waals surface area contributed by atoms with Crippen LogP contribution in [-0.2, 0) is 0 Å². The lowest BCUT2D eigenvalue weighted by atomic mass is 10.2. The van der Waals surface area contributed by atoms with Crippen LogP contribution in [0.3, 0.4) is 0 Å². The Morgan fingerprint density at radius 3 is 2.95 bits per heavy atom. The Kier molecular flexibility index (Phi) is 4.89. The number of nitrogens with zero attached hydrogens (tertiary/aromatic N) is 2. The minimum absolute atomic E-state index is 0.293. The predicted molar refractivity (Wildman–Crippen MR) is 81.7 cm³/mol. The lowest BCUT2D eigenvalue weighted by Crippen LogP contribution is -2.13. The number of nitrogens with one attached hydrogen (secondary N) is 1. The van der Waals surface area contributed by atoms with Crippen molar-refractivity contribution in [3.8, 4) is 5.75 Å². The molecule has 7 heteroatoms. The van der Waals surface area contributed by atoms with Crippen molar-refractivity contribution in [2.45, 2.75) is 13.8 Å². The number of carbonyl (C=O) groups excluding carboxylic acids is 1. The molecule has 1 aromatic carbocycles. The van der Waals surface area contributed by atoms with E-state index in [1.54, 1.807) is 30.5 Å². The summed E-state index contributed by atoms with van der Waals surface area (Å²) in [5.41, 5.74) is 1.36. The highest BCUT2D eigenvalue weighted by Crippen LogP contribution is 2.21. The first kappa shape index (κ1) is 15.0. The quantitative estimate of drug-likeness (QED) is 0.505. The zero-order chi connectivity index (χ0) is 15.2. The third kappa shape index (κ3) is 3.57. The third-order valence-electron chi connectivity index (χ3n) is 2.68.